The summed E-state index contributed by atoms with van der Waals surface area (Å²) in [7, 11) is -3.75. The molecule has 2 aliphatic heterocycles. The van der Waals surface area contributed by atoms with Crippen LogP contribution in [0.5, 0.6) is 0 Å². The molecule has 0 saturated carbocycles. The number of nitrogens with zero attached hydrogens (tertiary/aromatic N) is 2. The van der Waals surface area contributed by atoms with Crippen molar-refractivity contribution in [2.75, 3.05) is 39.3 Å². The zero-order valence-corrected chi connectivity index (χ0v) is 17.6. The minimum atomic E-state index is -3.75. The van der Waals surface area contributed by atoms with Crippen molar-refractivity contribution in [1.82, 2.24) is 14.5 Å². The Bertz CT molecular complexity index is 947. The van der Waals surface area contributed by atoms with E-state index in [1.807, 2.05) is 0 Å². The summed E-state index contributed by atoms with van der Waals surface area (Å²) in [6, 6.07) is 9.58. The Balaban J connectivity index is 1.35. The Hall–Kier alpha value is -2.20. The van der Waals surface area contributed by atoms with Crippen molar-refractivity contribution >= 4 is 15.9 Å². The summed E-state index contributed by atoms with van der Waals surface area (Å²) in [6.07, 6.45) is 4.03. The number of hydrogen-bond acceptors (Lipinski definition) is 6. The molecule has 0 bridgehead atoms. The fourth-order valence-corrected chi connectivity index (χ4v) is 4.89. The molecule has 162 valence electrons. The number of piperazine rings is 1. The fraction of sp³-hybridized carbons (Fsp3) is 0.476. The summed E-state index contributed by atoms with van der Waals surface area (Å²) in [5.41, 5.74) is 0.378. The minimum absolute atomic E-state index is 0.0557. The van der Waals surface area contributed by atoms with Gasteiger partial charge in [0.05, 0.1) is 23.8 Å². The van der Waals surface area contributed by atoms with Crippen LogP contribution in [-0.4, -0.2) is 69.6 Å². The number of carbonyl (C=O) groups is 1. The summed E-state index contributed by atoms with van der Waals surface area (Å²) >= 11 is 0. The number of sulfonamides is 1. The van der Waals surface area contributed by atoms with Crippen LogP contribution in [-0.2, 0) is 21.3 Å². The lowest BCUT2D eigenvalue weighted by molar-refractivity contribution is 0.0432. The molecule has 1 unspecified atom stereocenters. The van der Waals surface area contributed by atoms with Gasteiger partial charge in [-0.15, -0.1) is 0 Å². The average molecular weight is 434 g/mol. The summed E-state index contributed by atoms with van der Waals surface area (Å²) in [5, 5.41) is 0. The molecule has 2 aliphatic rings. The van der Waals surface area contributed by atoms with Crippen molar-refractivity contribution in [3.05, 3.63) is 54.0 Å². The highest BCUT2D eigenvalue weighted by Gasteiger charge is 2.26. The zero-order valence-electron chi connectivity index (χ0n) is 16.8. The van der Waals surface area contributed by atoms with E-state index in [2.05, 4.69) is 9.62 Å². The molecule has 1 aromatic carbocycles. The van der Waals surface area contributed by atoms with E-state index in [9.17, 15) is 13.2 Å². The van der Waals surface area contributed by atoms with E-state index in [1.165, 1.54) is 18.4 Å². The standard InChI is InChI=1S/C21H27N3O5S/c25-21(24-10-8-23(9-11-24)16-19-6-3-13-29-19)17-4-1-7-20(14-17)30(26,27)22-15-18-5-2-12-28-18/h1-2,4-5,7,12,14,19,22H,3,6,8-11,13,15-16H2. The number of ether oxygens (including phenoxy) is 1. The molecule has 1 amide bonds. The van der Waals surface area contributed by atoms with Crippen molar-refractivity contribution in [2.24, 2.45) is 0 Å². The smallest absolute Gasteiger partial charge is 0.253 e. The molecular weight excluding hydrogens is 406 g/mol. The third kappa shape index (κ3) is 5.10. The molecule has 30 heavy (non-hydrogen) atoms. The van der Waals surface area contributed by atoms with Gasteiger partial charge in [-0.2, -0.15) is 0 Å². The SMILES string of the molecule is O=C(c1cccc(S(=O)(=O)NCc2ccco2)c1)N1CCN(CC2CCCO2)CC1. The van der Waals surface area contributed by atoms with Gasteiger partial charge in [0.2, 0.25) is 10.0 Å². The highest BCUT2D eigenvalue weighted by atomic mass is 32.2. The van der Waals surface area contributed by atoms with Gasteiger partial charge in [-0.1, -0.05) is 6.07 Å². The van der Waals surface area contributed by atoms with Gasteiger partial charge in [0, 0.05) is 44.9 Å². The van der Waals surface area contributed by atoms with Gasteiger partial charge in [-0.05, 0) is 43.2 Å². The number of rotatable bonds is 7. The quantitative estimate of drug-likeness (QED) is 0.715. The predicted octanol–water partition coefficient (Wildman–Crippen LogP) is 1.69. The van der Waals surface area contributed by atoms with Crippen molar-refractivity contribution in [1.29, 1.82) is 0 Å². The van der Waals surface area contributed by atoms with Crippen LogP contribution < -0.4 is 4.72 Å². The van der Waals surface area contributed by atoms with Gasteiger partial charge < -0.3 is 14.1 Å². The summed E-state index contributed by atoms with van der Waals surface area (Å²) < 4.78 is 38.5. The molecule has 3 heterocycles. The van der Waals surface area contributed by atoms with E-state index in [0.29, 0.717) is 30.5 Å². The van der Waals surface area contributed by atoms with Gasteiger partial charge in [-0.3, -0.25) is 9.69 Å². The maximum absolute atomic E-state index is 12.9. The maximum Gasteiger partial charge on any atom is 0.253 e. The van der Waals surface area contributed by atoms with Gasteiger partial charge in [-0.25, -0.2) is 13.1 Å². The second-order valence-corrected chi connectivity index (χ2v) is 9.43. The van der Waals surface area contributed by atoms with Crippen LogP contribution in [0, 0.1) is 0 Å². The molecule has 1 atom stereocenters. The van der Waals surface area contributed by atoms with E-state index in [4.69, 9.17) is 9.15 Å². The lowest BCUT2D eigenvalue weighted by Gasteiger charge is -2.35. The fourth-order valence-electron chi connectivity index (χ4n) is 3.85. The molecule has 4 rings (SSSR count). The molecule has 0 spiro atoms. The molecular formula is C21H27N3O5S. The topological polar surface area (TPSA) is 92.1 Å². The van der Waals surface area contributed by atoms with Crippen molar-refractivity contribution < 1.29 is 22.4 Å². The van der Waals surface area contributed by atoms with Crippen molar-refractivity contribution in [3.8, 4) is 0 Å². The number of hydrogen-bond donors (Lipinski definition) is 1. The summed E-state index contributed by atoms with van der Waals surface area (Å²) in [5.74, 6) is 0.376. The van der Waals surface area contributed by atoms with E-state index in [-0.39, 0.29) is 17.3 Å². The van der Waals surface area contributed by atoms with E-state index in [1.54, 1.807) is 29.2 Å². The van der Waals surface area contributed by atoms with E-state index in [0.717, 1.165) is 39.1 Å². The maximum atomic E-state index is 12.9. The Kier molecular flexibility index (Phi) is 6.52. The first-order valence-electron chi connectivity index (χ1n) is 10.3. The Labute approximate surface area is 176 Å². The van der Waals surface area contributed by atoms with Crippen LogP contribution in [0.3, 0.4) is 0 Å². The minimum Gasteiger partial charge on any atom is -0.468 e. The first-order valence-corrected chi connectivity index (χ1v) is 11.7. The van der Waals surface area contributed by atoms with Gasteiger partial charge >= 0.3 is 0 Å². The normalized spacial score (nSPS) is 20.5. The molecule has 8 nitrogen and oxygen atoms in total. The molecule has 2 fully saturated rings. The number of furan rings is 1. The zero-order chi connectivity index (χ0) is 21.0. The first-order chi connectivity index (χ1) is 14.5. The molecule has 2 saturated heterocycles. The number of nitrogens with one attached hydrogen (secondary N) is 1. The molecule has 2 aromatic rings. The summed E-state index contributed by atoms with van der Waals surface area (Å²) in [4.78, 5) is 17.1. The molecule has 1 aromatic heterocycles. The highest BCUT2D eigenvalue weighted by molar-refractivity contribution is 7.89. The van der Waals surface area contributed by atoms with Gasteiger partial charge in [0.1, 0.15) is 5.76 Å². The van der Waals surface area contributed by atoms with Gasteiger partial charge in [0.15, 0.2) is 0 Å². The van der Waals surface area contributed by atoms with Crippen LogP contribution >= 0.6 is 0 Å². The van der Waals surface area contributed by atoms with Crippen LogP contribution in [0.2, 0.25) is 0 Å². The highest BCUT2D eigenvalue weighted by Crippen LogP contribution is 2.17. The lowest BCUT2D eigenvalue weighted by Crippen LogP contribution is -2.50. The van der Waals surface area contributed by atoms with Crippen LogP contribution in [0.1, 0.15) is 29.0 Å². The Morgan fingerprint density at radius 3 is 2.67 bits per heavy atom. The van der Waals surface area contributed by atoms with Crippen molar-refractivity contribution in [3.63, 3.8) is 0 Å². The largest absolute Gasteiger partial charge is 0.468 e. The number of benzene rings is 1. The van der Waals surface area contributed by atoms with Gasteiger partial charge in [0.25, 0.3) is 5.91 Å². The summed E-state index contributed by atoms with van der Waals surface area (Å²) in [6.45, 7) is 4.66. The van der Waals surface area contributed by atoms with Crippen molar-refractivity contribution in [2.45, 2.75) is 30.4 Å². The van der Waals surface area contributed by atoms with Crippen LogP contribution in [0.4, 0.5) is 0 Å². The molecule has 0 aliphatic carbocycles. The predicted molar refractivity (Wildman–Crippen MR) is 110 cm³/mol. The number of carbonyl (C=O) groups excluding carboxylic acids is 1. The molecule has 9 heteroatoms. The van der Waals surface area contributed by atoms with E-state index < -0.39 is 10.0 Å². The van der Waals surface area contributed by atoms with Crippen LogP contribution in [0.25, 0.3) is 0 Å². The third-order valence-electron chi connectivity index (χ3n) is 5.55. The first kappa shape index (κ1) is 21.0. The Morgan fingerprint density at radius 1 is 1.13 bits per heavy atom. The van der Waals surface area contributed by atoms with E-state index >= 15 is 0 Å². The second-order valence-electron chi connectivity index (χ2n) is 7.66. The second kappa shape index (κ2) is 9.30. The van der Waals surface area contributed by atoms with Crippen LogP contribution in [0.15, 0.2) is 52.0 Å². The monoisotopic (exact) mass is 433 g/mol. The number of amides is 1. The molecule has 1 N–H and O–H groups in total. The Morgan fingerprint density at radius 2 is 1.97 bits per heavy atom. The lowest BCUT2D eigenvalue weighted by atomic mass is 10.1. The average Bonchev–Trinajstić information content (AvgIpc) is 3.47. The third-order valence-corrected chi connectivity index (χ3v) is 6.95. The molecule has 0 radical (unpaired) electrons.